The van der Waals surface area contributed by atoms with Crippen molar-refractivity contribution in [3.63, 3.8) is 0 Å². The monoisotopic (exact) mass is 1010 g/mol. The molecule has 0 aromatic rings. The summed E-state index contributed by atoms with van der Waals surface area (Å²) in [5.74, 6) is -0.854. The van der Waals surface area contributed by atoms with Gasteiger partial charge >= 0.3 is 17.9 Å². The lowest BCUT2D eigenvalue weighted by atomic mass is 10.0. The van der Waals surface area contributed by atoms with Crippen LogP contribution in [0.3, 0.4) is 0 Å². The van der Waals surface area contributed by atoms with Crippen molar-refractivity contribution in [2.75, 3.05) is 13.2 Å². The smallest absolute Gasteiger partial charge is 0.306 e. The van der Waals surface area contributed by atoms with Gasteiger partial charge in [-0.3, -0.25) is 14.4 Å². The minimum Gasteiger partial charge on any atom is -0.462 e. The molecule has 0 saturated carbocycles. The fourth-order valence-electron chi connectivity index (χ4n) is 9.12. The Morgan fingerprint density at radius 2 is 0.542 bits per heavy atom. The van der Waals surface area contributed by atoms with Crippen molar-refractivity contribution >= 4 is 17.9 Å². The second kappa shape index (κ2) is 60.7. The third-order valence-electron chi connectivity index (χ3n) is 13.8. The molecule has 418 valence electrons. The molecule has 1 unspecified atom stereocenters. The molecule has 0 fully saturated rings. The molecule has 0 radical (unpaired) electrons. The van der Waals surface area contributed by atoms with Crippen LogP contribution >= 0.6 is 0 Å². The van der Waals surface area contributed by atoms with Crippen LogP contribution in [0.25, 0.3) is 0 Å². The van der Waals surface area contributed by atoms with Crippen LogP contribution in [-0.2, 0) is 28.6 Å². The van der Waals surface area contributed by atoms with Gasteiger partial charge in [0.1, 0.15) is 13.2 Å². The van der Waals surface area contributed by atoms with Gasteiger partial charge in [0.15, 0.2) is 6.10 Å². The van der Waals surface area contributed by atoms with Gasteiger partial charge in [0.25, 0.3) is 0 Å². The van der Waals surface area contributed by atoms with E-state index < -0.39 is 6.10 Å². The maximum atomic E-state index is 12.8. The lowest BCUT2D eigenvalue weighted by Gasteiger charge is -2.18. The van der Waals surface area contributed by atoms with Crippen LogP contribution < -0.4 is 0 Å². The molecule has 0 aliphatic carbocycles. The molecule has 0 rings (SSSR count). The molecule has 0 N–H and O–H groups in total. The van der Waals surface area contributed by atoms with E-state index in [0.717, 1.165) is 89.9 Å². The van der Waals surface area contributed by atoms with Gasteiger partial charge in [-0.2, -0.15) is 0 Å². The summed E-state index contributed by atoms with van der Waals surface area (Å²) in [4.78, 5) is 38.0. The van der Waals surface area contributed by atoms with Gasteiger partial charge in [-0.25, -0.2) is 0 Å². The highest BCUT2D eigenvalue weighted by molar-refractivity contribution is 5.71. The van der Waals surface area contributed by atoms with Gasteiger partial charge in [-0.05, 0) is 64.2 Å². The fraction of sp³-hybridized carbons (Fsp3) is 0.803. The molecular formula is C66H118O6. The van der Waals surface area contributed by atoms with Crippen molar-refractivity contribution in [1.82, 2.24) is 0 Å². The predicted octanol–water partition coefficient (Wildman–Crippen LogP) is 21.2. The fourth-order valence-corrected chi connectivity index (χ4v) is 9.12. The number of carbonyl (C=O) groups is 3. The van der Waals surface area contributed by atoms with Crippen LogP contribution in [0.2, 0.25) is 0 Å². The van der Waals surface area contributed by atoms with Crippen LogP contribution in [0.15, 0.2) is 60.8 Å². The van der Waals surface area contributed by atoms with Crippen molar-refractivity contribution in [2.24, 2.45) is 0 Å². The Hall–Kier alpha value is -2.89. The van der Waals surface area contributed by atoms with Gasteiger partial charge in [-0.15, -0.1) is 0 Å². The van der Waals surface area contributed by atoms with E-state index in [4.69, 9.17) is 14.2 Å². The topological polar surface area (TPSA) is 78.9 Å². The first kappa shape index (κ1) is 69.1. The molecule has 0 aromatic carbocycles. The molecule has 6 heteroatoms. The van der Waals surface area contributed by atoms with Crippen LogP contribution in [-0.4, -0.2) is 37.2 Å². The molecule has 0 bridgehead atoms. The van der Waals surface area contributed by atoms with E-state index in [1.54, 1.807) is 0 Å². The first-order chi connectivity index (χ1) is 35.5. The average Bonchev–Trinajstić information content (AvgIpc) is 3.38. The molecule has 72 heavy (non-hydrogen) atoms. The zero-order valence-corrected chi connectivity index (χ0v) is 47.9. The zero-order chi connectivity index (χ0) is 52.2. The van der Waals surface area contributed by atoms with E-state index in [9.17, 15) is 14.4 Å². The Morgan fingerprint density at radius 3 is 0.847 bits per heavy atom. The van der Waals surface area contributed by atoms with Crippen LogP contribution in [0.1, 0.15) is 323 Å². The first-order valence-electron chi connectivity index (χ1n) is 31.3. The maximum absolute atomic E-state index is 12.8. The van der Waals surface area contributed by atoms with Crippen molar-refractivity contribution in [3.05, 3.63) is 60.8 Å². The van der Waals surface area contributed by atoms with Gasteiger partial charge in [0.05, 0.1) is 0 Å². The quantitative estimate of drug-likeness (QED) is 0.0261. The zero-order valence-electron chi connectivity index (χ0n) is 47.9. The Kier molecular flexibility index (Phi) is 58.2. The van der Waals surface area contributed by atoms with Gasteiger partial charge in [-0.1, -0.05) is 300 Å². The molecular weight excluding hydrogens is 889 g/mol. The molecule has 0 aromatic heterocycles. The van der Waals surface area contributed by atoms with Gasteiger partial charge in [0.2, 0.25) is 0 Å². The Bertz CT molecular complexity index is 1290. The summed E-state index contributed by atoms with van der Waals surface area (Å²) in [6.45, 7) is 6.54. The van der Waals surface area contributed by atoms with Crippen molar-refractivity contribution in [3.8, 4) is 0 Å². The number of carbonyl (C=O) groups excluding carboxylic acids is 3. The molecule has 0 heterocycles. The highest BCUT2D eigenvalue weighted by Crippen LogP contribution is 2.17. The minimum absolute atomic E-state index is 0.0674. The Morgan fingerprint density at radius 1 is 0.292 bits per heavy atom. The summed E-state index contributed by atoms with van der Waals surface area (Å²) >= 11 is 0. The maximum Gasteiger partial charge on any atom is 0.306 e. The van der Waals surface area contributed by atoms with Gasteiger partial charge in [0, 0.05) is 19.3 Å². The third-order valence-corrected chi connectivity index (χ3v) is 13.8. The average molecular weight is 1010 g/mol. The van der Waals surface area contributed by atoms with E-state index in [-0.39, 0.29) is 31.1 Å². The number of hydrogen-bond donors (Lipinski definition) is 0. The highest BCUT2D eigenvalue weighted by Gasteiger charge is 2.19. The normalized spacial score (nSPS) is 12.4. The SMILES string of the molecule is CC/C=C\C/C=C\C/C=C\C/C=C\C/C=C\CCCCCCCCCCCCCCCCCCCC(=O)OCC(COC(=O)CCCCCCCCCCC)OC(=O)CCCCCCCCCCCCCC. The standard InChI is InChI=1S/C66H118O6/c1-4-7-10-13-16-19-21-23-24-25-26-27-28-29-30-31-32-33-34-35-36-37-38-39-40-41-42-43-45-47-50-53-56-59-65(68)71-62-63(61-70-64(67)58-55-52-49-46-18-15-12-9-6-3)72-66(69)60-57-54-51-48-44-22-20-17-14-11-8-5-2/h7,10,16,19,23-24,26-27,29-30,63H,4-6,8-9,11-15,17-18,20-22,25,28,31-62H2,1-3H3/b10-7-,19-16-,24-23-,27-26-,30-29-. The number of allylic oxidation sites excluding steroid dienone is 10. The molecule has 0 spiro atoms. The van der Waals surface area contributed by atoms with E-state index in [2.05, 4.69) is 81.5 Å². The number of hydrogen-bond acceptors (Lipinski definition) is 6. The highest BCUT2D eigenvalue weighted by atomic mass is 16.6. The van der Waals surface area contributed by atoms with Crippen LogP contribution in [0, 0.1) is 0 Å². The van der Waals surface area contributed by atoms with E-state index in [0.29, 0.717) is 19.3 Å². The first-order valence-corrected chi connectivity index (χ1v) is 31.3. The molecule has 0 amide bonds. The summed E-state index contributed by atoms with van der Waals surface area (Å²) < 4.78 is 16.8. The number of esters is 3. The summed E-state index contributed by atoms with van der Waals surface area (Å²) in [6.07, 6.45) is 76.8. The van der Waals surface area contributed by atoms with Crippen LogP contribution in [0.4, 0.5) is 0 Å². The molecule has 0 aliphatic rings. The second-order valence-electron chi connectivity index (χ2n) is 21.0. The van der Waals surface area contributed by atoms with E-state index >= 15 is 0 Å². The number of rotatable bonds is 57. The summed E-state index contributed by atoms with van der Waals surface area (Å²) in [5, 5.41) is 0. The molecule has 6 nitrogen and oxygen atoms in total. The van der Waals surface area contributed by atoms with E-state index in [1.165, 1.54) is 193 Å². The lowest BCUT2D eigenvalue weighted by Crippen LogP contribution is -2.30. The number of ether oxygens (including phenoxy) is 3. The number of unbranched alkanes of at least 4 members (excludes halogenated alkanes) is 36. The second-order valence-corrected chi connectivity index (χ2v) is 21.0. The predicted molar refractivity (Wildman–Crippen MR) is 312 cm³/mol. The largest absolute Gasteiger partial charge is 0.462 e. The van der Waals surface area contributed by atoms with Crippen molar-refractivity contribution in [1.29, 1.82) is 0 Å². The minimum atomic E-state index is -0.766. The Balaban J connectivity index is 4.00. The summed E-state index contributed by atoms with van der Waals surface area (Å²) in [7, 11) is 0. The van der Waals surface area contributed by atoms with Gasteiger partial charge < -0.3 is 14.2 Å². The summed E-state index contributed by atoms with van der Waals surface area (Å²) in [6, 6.07) is 0. The Labute approximate surface area is 447 Å². The van der Waals surface area contributed by atoms with Crippen LogP contribution in [0.5, 0.6) is 0 Å². The van der Waals surface area contributed by atoms with Crippen molar-refractivity contribution in [2.45, 2.75) is 329 Å². The molecule has 0 saturated heterocycles. The molecule has 0 aliphatic heterocycles. The van der Waals surface area contributed by atoms with E-state index in [1.807, 2.05) is 0 Å². The lowest BCUT2D eigenvalue weighted by molar-refractivity contribution is -0.167. The van der Waals surface area contributed by atoms with Crippen molar-refractivity contribution < 1.29 is 28.6 Å². The summed E-state index contributed by atoms with van der Waals surface area (Å²) in [5.41, 5.74) is 0. The third kappa shape index (κ3) is 58.0. The molecule has 1 atom stereocenters.